The average Bonchev–Trinajstić information content (AvgIpc) is 2.88. The minimum Gasteiger partial charge on any atom is -0.480 e. The summed E-state index contributed by atoms with van der Waals surface area (Å²) in [4.78, 5) is 50.0. The van der Waals surface area contributed by atoms with Gasteiger partial charge < -0.3 is 15.3 Å². The molecule has 1 aromatic rings. The highest BCUT2D eigenvalue weighted by atomic mass is 32.2. The van der Waals surface area contributed by atoms with E-state index in [1.54, 1.807) is 44.2 Å². The molecule has 2 aliphatic heterocycles. The fourth-order valence-corrected chi connectivity index (χ4v) is 5.42. The minimum absolute atomic E-state index is 0.451. The van der Waals surface area contributed by atoms with Crippen LogP contribution < -0.4 is 11.2 Å². The van der Waals surface area contributed by atoms with E-state index in [1.807, 2.05) is 0 Å². The van der Waals surface area contributed by atoms with Crippen molar-refractivity contribution >= 4 is 36.0 Å². The molecular weight excluding hydrogens is 384 g/mol. The van der Waals surface area contributed by atoms with E-state index in [1.165, 1.54) is 23.7 Å². The van der Waals surface area contributed by atoms with Crippen LogP contribution in [0.3, 0.4) is 0 Å². The lowest BCUT2D eigenvalue weighted by Crippen LogP contribution is -2.71. The van der Waals surface area contributed by atoms with E-state index in [2.05, 4.69) is 5.32 Å². The van der Waals surface area contributed by atoms with E-state index in [4.69, 9.17) is 5.84 Å². The summed E-state index contributed by atoms with van der Waals surface area (Å²) in [5.41, 5.74) is 0.531. The fourth-order valence-electron chi connectivity index (χ4n) is 3.80. The SMILES string of the molecule is CC1(C)S[C@@H]2[C@@H](NC(=O)C(c3ccccc3)[N+](C)(N)C=O)C(=O)N2[C@H]1C(=O)O. The number of benzene rings is 1. The standard InChI is InChI=1S/C18H22N4O5S/c1-18(2)13(17(26)27)21-15(25)11(16(21)28-18)20-14(24)12(22(3,19)9-23)10-7-5-4-6-8-10/h4-9,11-13,16H,19H2,1-3H3,(H-,20,24,26,27)/p+1/t11-,12?,13-,16+,22?/m0/s1. The molecule has 2 heterocycles. The number of β-lactam (4-membered cyclic amide) rings is 1. The van der Waals surface area contributed by atoms with Gasteiger partial charge in [0.05, 0.1) is 7.05 Å². The van der Waals surface area contributed by atoms with Crippen LogP contribution in [0.1, 0.15) is 25.5 Å². The average molecular weight is 407 g/mol. The molecule has 0 bridgehead atoms. The van der Waals surface area contributed by atoms with Gasteiger partial charge >= 0.3 is 12.4 Å². The Labute approximate surface area is 166 Å². The third-order valence-electron chi connectivity index (χ3n) is 5.12. The maximum absolute atomic E-state index is 13.0. The topological polar surface area (TPSA) is 130 Å². The molecule has 150 valence electrons. The van der Waals surface area contributed by atoms with Crippen molar-refractivity contribution in [3.8, 4) is 0 Å². The van der Waals surface area contributed by atoms with E-state index in [0.29, 0.717) is 12.0 Å². The number of carboxylic acids is 1. The van der Waals surface area contributed by atoms with Crippen molar-refractivity contribution in [3.05, 3.63) is 35.9 Å². The Morgan fingerprint density at radius 2 is 1.96 bits per heavy atom. The summed E-state index contributed by atoms with van der Waals surface area (Å²) in [5, 5.41) is 11.7. The number of carboxylic acid groups (broad SMARTS) is 1. The van der Waals surface area contributed by atoms with Gasteiger partial charge in [-0.1, -0.05) is 30.3 Å². The van der Waals surface area contributed by atoms with Crippen LogP contribution in [-0.4, -0.2) is 68.0 Å². The quantitative estimate of drug-likeness (QED) is 0.149. The largest absolute Gasteiger partial charge is 0.480 e. The lowest BCUT2D eigenvalue weighted by Gasteiger charge is -2.44. The van der Waals surface area contributed by atoms with Crippen LogP contribution in [0.5, 0.6) is 0 Å². The summed E-state index contributed by atoms with van der Waals surface area (Å²) in [7, 11) is 1.40. The Hall–Kier alpha value is -2.43. The van der Waals surface area contributed by atoms with Crippen LogP contribution in [0, 0.1) is 0 Å². The molecular formula is C18H23N4O5S+. The summed E-state index contributed by atoms with van der Waals surface area (Å²) in [6.07, 6.45) is 0.458. The van der Waals surface area contributed by atoms with Crippen molar-refractivity contribution in [2.75, 3.05) is 7.05 Å². The zero-order chi connectivity index (χ0) is 20.9. The predicted molar refractivity (Wildman–Crippen MR) is 101 cm³/mol. The van der Waals surface area contributed by atoms with Crippen LogP contribution in [0.4, 0.5) is 0 Å². The third-order valence-corrected chi connectivity index (χ3v) is 6.69. The van der Waals surface area contributed by atoms with Crippen molar-refractivity contribution in [3.63, 3.8) is 0 Å². The molecule has 28 heavy (non-hydrogen) atoms. The van der Waals surface area contributed by atoms with Gasteiger partial charge in [0.25, 0.3) is 5.91 Å². The molecule has 3 amide bonds. The van der Waals surface area contributed by atoms with E-state index >= 15 is 0 Å². The van der Waals surface area contributed by atoms with Gasteiger partial charge in [-0.25, -0.2) is 9.59 Å². The number of likely N-dealkylation sites (N-methyl/N-ethyl adjacent to an activating group) is 1. The number of hydrogen-bond acceptors (Lipinski definition) is 6. The smallest absolute Gasteiger partial charge is 0.327 e. The number of carbonyl (C=O) groups excluding carboxylic acids is 3. The first-order valence-electron chi connectivity index (χ1n) is 8.70. The second kappa shape index (κ2) is 6.87. The lowest BCUT2D eigenvalue weighted by molar-refractivity contribution is -0.859. The van der Waals surface area contributed by atoms with Gasteiger partial charge in [0.1, 0.15) is 17.5 Å². The maximum Gasteiger partial charge on any atom is 0.327 e. The molecule has 2 unspecified atom stereocenters. The lowest BCUT2D eigenvalue weighted by atomic mass is 9.95. The van der Waals surface area contributed by atoms with E-state index in [9.17, 15) is 24.3 Å². The van der Waals surface area contributed by atoms with E-state index in [-0.39, 0.29) is 0 Å². The second-order valence-electron chi connectivity index (χ2n) is 7.72. The van der Waals surface area contributed by atoms with Crippen molar-refractivity contribution < 1.29 is 28.9 Å². The number of carbonyl (C=O) groups is 4. The highest BCUT2D eigenvalue weighted by Gasteiger charge is 2.64. The van der Waals surface area contributed by atoms with Gasteiger partial charge in [0, 0.05) is 10.3 Å². The number of aliphatic carboxylic acids is 1. The highest BCUT2D eigenvalue weighted by molar-refractivity contribution is 8.01. The van der Waals surface area contributed by atoms with Gasteiger partial charge in [-0.05, 0) is 13.8 Å². The summed E-state index contributed by atoms with van der Waals surface area (Å²) >= 11 is 1.33. The Bertz CT molecular complexity index is 829. The third kappa shape index (κ3) is 3.17. The van der Waals surface area contributed by atoms with Crippen LogP contribution in [-0.2, 0) is 19.2 Å². The van der Waals surface area contributed by atoms with Gasteiger partial charge in [-0.15, -0.1) is 11.8 Å². The first-order valence-corrected chi connectivity index (χ1v) is 9.58. The first kappa shape index (κ1) is 20.3. The number of nitrogens with two attached hydrogens (primary N) is 1. The van der Waals surface area contributed by atoms with Crippen molar-refractivity contribution in [2.45, 2.75) is 42.1 Å². The monoisotopic (exact) mass is 407 g/mol. The summed E-state index contributed by atoms with van der Waals surface area (Å²) in [6, 6.07) is 5.72. The predicted octanol–water partition coefficient (Wildman–Crippen LogP) is -0.164. The van der Waals surface area contributed by atoms with Gasteiger partial charge in [0.2, 0.25) is 11.9 Å². The summed E-state index contributed by atoms with van der Waals surface area (Å²) < 4.78 is -1.42. The molecule has 3 rings (SSSR count). The first-order chi connectivity index (χ1) is 13.0. The normalized spacial score (nSPS) is 28.5. The molecule has 0 radical (unpaired) electrons. The van der Waals surface area contributed by atoms with Crippen LogP contribution in [0.15, 0.2) is 30.3 Å². The van der Waals surface area contributed by atoms with Crippen LogP contribution in [0.2, 0.25) is 0 Å². The molecule has 2 aliphatic rings. The number of rotatable bonds is 6. The van der Waals surface area contributed by atoms with Crippen LogP contribution >= 0.6 is 11.8 Å². The molecule has 0 aliphatic carbocycles. The zero-order valence-electron chi connectivity index (χ0n) is 15.7. The molecule has 0 aromatic heterocycles. The number of nitrogens with zero attached hydrogens (tertiary/aromatic N) is 2. The van der Waals surface area contributed by atoms with Gasteiger partial charge in [-0.3, -0.25) is 9.59 Å². The minimum atomic E-state index is -1.08. The molecule has 0 spiro atoms. The van der Waals surface area contributed by atoms with E-state index < -0.39 is 50.6 Å². The highest BCUT2D eigenvalue weighted by Crippen LogP contribution is 2.50. The fraction of sp³-hybridized carbons (Fsp3) is 0.444. The summed E-state index contributed by atoms with van der Waals surface area (Å²) in [5.74, 6) is 3.91. The molecule has 0 saturated carbocycles. The summed E-state index contributed by atoms with van der Waals surface area (Å²) in [6.45, 7) is 3.52. The molecule has 1 aromatic carbocycles. The number of hydrogen-bond donors (Lipinski definition) is 3. The van der Waals surface area contributed by atoms with E-state index in [0.717, 1.165) is 0 Å². The van der Waals surface area contributed by atoms with Crippen molar-refractivity contribution in [2.24, 2.45) is 5.84 Å². The number of thioether (sulfide) groups is 1. The Morgan fingerprint density at radius 1 is 1.36 bits per heavy atom. The Morgan fingerprint density at radius 3 is 2.50 bits per heavy atom. The van der Waals surface area contributed by atoms with Crippen molar-refractivity contribution in [1.82, 2.24) is 10.2 Å². The molecule has 9 nitrogen and oxygen atoms in total. The Kier molecular flexibility index (Phi) is 4.98. The Balaban J connectivity index is 1.83. The molecule has 5 atom stereocenters. The molecule has 10 heteroatoms. The molecule has 2 saturated heterocycles. The van der Waals surface area contributed by atoms with Crippen molar-refractivity contribution in [1.29, 1.82) is 0 Å². The number of amides is 3. The van der Waals surface area contributed by atoms with Gasteiger partial charge in [0.15, 0.2) is 0 Å². The van der Waals surface area contributed by atoms with Crippen LogP contribution in [0.25, 0.3) is 0 Å². The number of nitrogens with one attached hydrogen (secondary N) is 1. The molecule has 4 N–H and O–H groups in total. The second-order valence-corrected chi connectivity index (χ2v) is 9.50. The zero-order valence-corrected chi connectivity index (χ0v) is 16.6. The number of fused-ring (bicyclic) bond motifs is 1. The maximum atomic E-state index is 13.0. The molecule has 2 fully saturated rings. The number of quaternary nitrogens is 1. The van der Waals surface area contributed by atoms with Gasteiger partial charge in [-0.2, -0.15) is 10.4 Å².